The van der Waals surface area contributed by atoms with Crippen LogP contribution in [-0.2, 0) is 80.9 Å². The van der Waals surface area contributed by atoms with E-state index >= 15 is 0 Å². The Morgan fingerprint density at radius 1 is 0.500 bits per heavy atom. The second-order valence-corrected chi connectivity index (χ2v) is 21.3. The van der Waals surface area contributed by atoms with Crippen molar-refractivity contribution in [3.63, 3.8) is 0 Å². The van der Waals surface area contributed by atoms with E-state index in [4.69, 9.17) is 9.47 Å². The van der Waals surface area contributed by atoms with E-state index in [9.17, 15) is 26.4 Å². The Morgan fingerprint density at radius 3 is 1.35 bits per heavy atom. The van der Waals surface area contributed by atoms with Gasteiger partial charge in [-0.15, -0.1) is 0 Å². The lowest BCUT2D eigenvalue weighted by molar-refractivity contribution is 0.0265. The Labute approximate surface area is 355 Å². The molecule has 0 radical (unpaired) electrons. The van der Waals surface area contributed by atoms with Crippen LogP contribution in [0.4, 0.5) is 0 Å². The number of likely N-dealkylation sites (N-methyl/N-ethyl adjacent to an activating group) is 2. The highest BCUT2D eigenvalue weighted by molar-refractivity contribution is 7.89. The topological polar surface area (TPSA) is 127 Å². The summed E-state index contributed by atoms with van der Waals surface area (Å²) in [5.74, 6) is -0.109. The fourth-order valence-electron chi connectivity index (χ4n) is 9.69. The summed E-state index contributed by atoms with van der Waals surface area (Å²) in [7, 11) is -4.64. The standard InChI is InChI=1S/C48H56N2O8S2/c1-49(59(53,54)45-21-19-34-8-4-6-10-38(34)31-45)23-24-50(2)60(55,56)46-22-20-36-12-16-40(29-44(36)32-46)39-15-11-35-14-18-42(30-43(35)28-39)48(52)58-26-25-57-47(51)41-17-13-33-7-3-5-9-37(33)27-41/h13-14,17-22,27,30-32,39-40H,3-12,15-16,23-26,28-29H2,1-2H3. The van der Waals surface area contributed by atoms with Crippen LogP contribution >= 0.6 is 0 Å². The van der Waals surface area contributed by atoms with E-state index in [1.807, 2.05) is 54.6 Å². The van der Waals surface area contributed by atoms with Crippen LogP contribution in [0.3, 0.4) is 0 Å². The molecule has 0 fully saturated rings. The number of carbonyl (C=O) groups excluding carboxylic acids is 2. The van der Waals surface area contributed by atoms with Gasteiger partial charge in [0.05, 0.1) is 20.9 Å². The number of esters is 2. The molecular weight excluding hydrogens is 797 g/mol. The van der Waals surface area contributed by atoms with Crippen molar-refractivity contribution < 1.29 is 35.9 Å². The number of fused-ring (bicyclic) bond motifs is 4. The molecule has 0 N–H and O–H groups in total. The minimum atomic E-state index is -3.87. The molecule has 4 aromatic rings. The van der Waals surface area contributed by atoms with Crippen LogP contribution in [-0.4, -0.2) is 77.8 Å². The minimum absolute atomic E-state index is 0.0166. The largest absolute Gasteiger partial charge is 0.458 e. The maximum atomic E-state index is 13.8. The first-order valence-electron chi connectivity index (χ1n) is 21.6. The maximum absolute atomic E-state index is 13.8. The molecule has 4 aliphatic carbocycles. The summed E-state index contributed by atoms with van der Waals surface area (Å²) < 4.78 is 68.0. The quantitative estimate of drug-likeness (QED) is 0.101. The molecule has 0 spiro atoms. The van der Waals surface area contributed by atoms with Crippen molar-refractivity contribution >= 4 is 32.0 Å². The van der Waals surface area contributed by atoms with E-state index in [0.717, 1.165) is 100 Å². The molecule has 0 aromatic heterocycles. The predicted octanol–water partition coefficient (Wildman–Crippen LogP) is 7.31. The lowest BCUT2D eigenvalue weighted by Crippen LogP contribution is -2.37. The number of hydrogen-bond donors (Lipinski definition) is 0. The summed E-state index contributed by atoms with van der Waals surface area (Å²) in [5.41, 5.74) is 10.4. The third kappa shape index (κ3) is 9.12. The van der Waals surface area contributed by atoms with Gasteiger partial charge in [-0.25, -0.2) is 26.4 Å². The molecule has 0 amide bonds. The molecule has 10 nitrogen and oxygen atoms in total. The van der Waals surface area contributed by atoms with Crippen LogP contribution in [0.15, 0.2) is 82.6 Å². The van der Waals surface area contributed by atoms with Gasteiger partial charge >= 0.3 is 11.9 Å². The normalized spacial score (nSPS) is 18.9. The first-order valence-corrected chi connectivity index (χ1v) is 24.5. The Bertz CT molecular complexity index is 2500. The fraction of sp³-hybridized carbons (Fsp3) is 0.458. The third-order valence-corrected chi connectivity index (χ3v) is 17.1. The van der Waals surface area contributed by atoms with Crippen molar-refractivity contribution in [2.45, 2.75) is 99.7 Å². The molecule has 4 aliphatic rings. The third-order valence-electron chi connectivity index (χ3n) is 13.4. The van der Waals surface area contributed by atoms with Gasteiger partial charge in [-0.3, -0.25) is 0 Å². The summed E-state index contributed by atoms with van der Waals surface area (Å²) in [5, 5.41) is 0. The van der Waals surface area contributed by atoms with Gasteiger partial charge in [-0.2, -0.15) is 8.61 Å². The summed E-state index contributed by atoms with van der Waals surface area (Å²) in [6.45, 7) is -0.00749. The molecule has 0 saturated carbocycles. The van der Waals surface area contributed by atoms with Crippen LogP contribution < -0.4 is 0 Å². The van der Waals surface area contributed by atoms with Gasteiger partial charge in [0.25, 0.3) is 0 Å². The number of hydrogen-bond acceptors (Lipinski definition) is 8. The number of carbonyl (C=O) groups is 2. The van der Waals surface area contributed by atoms with Crippen molar-refractivity contribution in [3.8, 4) is 0 Å². The number of ether oxygens (including phenoxy) is 2. The van der Waals surface area contributed by atoms with Crippen molar-refractivity contribution in [2.24, 2.45) is 11.8 Å². The van der Waals surface area contributed by atoms with E-state index in [1.54, 1.807) is 18.2 Å². The zero-order valence-electron chi connectivity index (χ0n) is 34.8. The van der Waals surface area contributed by atoms with Crippen LogP contribution in [0.2, 0.25) is 0 Å². The van der Waals surface area contributed by atoms with Crippen molar-refractivity contribution in [1.29, 1.82) is 0 Å². The first kappa shape index (κ1) is 42.3. The summed E-state index contributed by atoms with van der Waals surface area (Å²) in [4.78, 5) is 26.2. The van der Waals surface area contributed by atoms with Crippen molar-refractivity contribution in [3.05, 3.63) is 128 Å². The summed E-state index contributed by atoms with van der Waals surface area (Å²) in [6, 6.07) is 22.3. The van der Waals surface area contributed by atoms with Crippen LogP contribution in [0.25, 0.3) is 0 Å². The van der Waals surface area contributed by atoms with E-state index < -0.39 is 32.0 Å². The predicted molar refractivity (Wildman–Crippen MR) is 230 cm³/mol. The maximum Gasteiger partial charge on any atom is 0.338 e. The van der Waals surface area contributed by atoms with E-state index in [1.165, 1.54) is 56.9 Å². The van der Waals surface area contributed by atoms with E-state index in [-0.39, 0.29) is 36.1 Å². The van der Waals surface area contributed by atoms with Gasteiger partial charge in [-0.05, 0) is 195 Å². The molecular formula is C48H56N2O8S2. The minimum Gasteiger partial charge on any atom is -0.458 e. The molecule has 0 heterocycles. The SMILES string of the molecule is CN(CCN(C)S(=O)(=O)c1ccc2c(c1)CC(C1CCc3ccc(C(=O)OCCOC(=O)c4ccc5c(c4)CCCC5)cc3C1)CC2)S(=O)(=O)c1ccc2c(c1)CCCC2. The molecule has 12 heteroatoms. The van der Waals surface area contributed by atoms with Gasteiger partial charge in [-0.1, -0.05) is 24.3 Å². The van der Waals surface area contributed by atoms with Crippen LogP contribution in [0, 0.1) is 11.8 Å². The molecule has 0 aliphatic heterocycles. The zero-order valence-corrected chi connectivity index (χ0v) is 36.4. The second-order valence-electron chi connectivity index (χ2n) is 17.2. The second kappa shape index (κ2) is 17.9. The van der Waals surface area contributed by atoms with Crippen LogP contribution in [0.5, 0.6) is 0 Å². The molecule has 60 heavy (non-hydrogen) atoms. The fourth-order valence-corrected chi connectivity index (χ4v) is 12.1. The van der Waals surface area contributed by atoms with Gasteiger partial charge < -0.3 is 9.47 Å². The Morgan fingerprint density at radius 2 is 0.867 bits per heavy atom. The Balaban J connectivity index is 0.842. The molecule has 8 rings (SSSR count). The number of sulfonamides is 2. The number of benzene rings is 4. The molecule has 0 saturated heterocycles. The Kier molecular flexibility index (Phi) is 12.7. The van der Waals surface area contributed by atoms with Gasteiger partial charge in [0, 0.05) is 27.2 Å². The van der Waals surface area contributed by atoms with E-state index in [2.05, 4.69) is 0 Å². The monoisotopic (exact) mass is 852 g/mol. The van der Waals surface area contributed by atoms with Gasteiger partial charge in [0.1, 0.15) is 13.2 Å². The highest BCUT2D eigenvalue weighted by Gasteiger charge is 2.32. The van der Waals surface area contributed by atoms with Crippen molar-refractivity contribution in [2.75, 3.05) is 40.4 Å². The number of rotatable bonds is 13. The molecule has 4 aromatic carbocycles. The molecule has 0 bridgehead atoms. The summed E-state index contributed by atoms with van der Waals surface area (Å²) in [6.07, 6.45) is 13.7. The number of aryl methyl sites for hydroxylation is 6. The molecule has 2 atom stereocenters. The summed E-state index contributed by atoms with van der Waals surface area (Å²) >= 11 is 0. The average molecular weight is 853 g/mol. The van der Waals surface area contributed by atoms with Crippen LogP contribution in [0.1, 0.15) is 104 Å². The highest BCUT2D eigenvalue weighted by Crippen LogP contribution is 2.39. The smallest absolute Gasteiger partial charge is 0.338 e. The van der Waals surface area contributed by atoms with E-state index in [0.29, 0.717) is 23.0 Å². The highest BCUT2D eigenvalue weighted by atomic mass is 32.2. The Hall–Kier alpha value is -4.36. The molecule has 318 valence electrons. The first-order chi connectivity index (χ1) is 28.9. The lowest BCUT2D eigenvalue weighted by atomic mass is 9.70. The van der Waals surface area contributed by atoms with Crippen molar-refractivity contribution in [1.82, 2.24) is 8.61 Å². The zero-order chi connectivity index (χ0) is 42.0. The number of nitrogens with zero attached hydrogens (tertiary/aromatic N) is 2. The van der Waals surface area contributed by atoms with Gasteiger partial charge in [0.2, 0.25) is 20.0 Å². The lowest BCUT2D eigenvalue weighted by Gasteiger charge is -2.35. The molecule has 2 unspecified atom stereocenters. The van der Waals surface area contributed by atoms with Gasteiger partial charge in [0.15, 0.2) is 0 Å². The average Bonchev–Trinajstić information content (AvgIpc) is 3.28.